The first-order valence-electron chi connectivity index (χ1n) is 5.69. The number of nitrogens with one attached hydrogen (secondary N) is 2. The van der Waals surface area contributed by atoms with Crippen LogP contribution in [0.3, 0.4) is 0 Å². The lowest BCUT2D eigenvalue weighted by Gasteiger charge is -2.11. The normalized spacial score (nSPS) is 10.0. The summed E-state index contributed by atoms with van der Waals surface area (Å²) in [5, 5.41) is 5.80. The van der Waals surface area contributed by atoms with Crippen LogP contribution in [0.1, 0.15) is 5.56 Å². The van der Waals surface area contributed by atoms with Crippen LogP contribution in [-0.4, -0.2) is 5.11 Å². The van der Waals surface area contributed by atoms with E-state index in [1.54, 1.807) is 36.4 Å². The van der Waals surface area contributed by atoms with Gasteiger partial charge in [-0.2, -0.15) is 0 Å². The van der Waals surface area contributed by atoms with Gasteiger partial charge < -0.3 is 10.6 Å². The molecule has 0 aromatic heterocycles. The van der Waals surface area contributed by atoms with Crippen LogP contribution in [0.2, 0.25) is 0 Å². The maximum Gasteiger partial charge on any atom is 0.171 e. The molecule has 0 spiro atoms. The summed E-state index contributed by atoms with van der Waals surface area (Å²) in [7, 11) is 0. The number of hydrogen-bond acceptors (Lipinski definition) is 1. The highest BCUT2D eigenvalue weighted by atomic mass is 32.1. The van der Waals surface area contributed by atoms with E-state index in [1.165, 1.54) is 12.1 Å². The Bertz CT molecular complexity index is 587. The molecule has 0 saturated carbocycles. The largest absolute Gasteiger partial charge is 0.358 e. The molecule has 2 rings (SSSR count). The van der Waals surface area contributed by atoms with Crippen LogP contribution in [0, 0.1) is 11.6 Å². The van der Waals surface area contributed by atoms with Gasteiger partial charge in [0.15, 0.2) is 5.11 Å². The van der Waals surface area contributed by atoms with Gasteiger partial charge in [0.2, 0.25) is 0 Å². The molecule has 0 heterocycles. The van der Waals surface area contributed by atoms with Gasteiger partial charge in [-0.25, -0.2) is 8.78 Å². The monoisotopic (exact) mass is 278 g/mol. The van der Waals surface area contributed by atoms with Crippen LogP contribution < -0.4 is 10.6 Å². The molecule has 0 fully saturated rings. The van der Waals surface area contributed by atoms with Gasteiger partial charge in [0.1, 0.15) is 11.6 Å². The maximum absolute atomic E-state index is 13.4. The number of para-hydroxylation sites is 1. The average molecular weight is 278 g/mol. The summed E-state index contributed by atoms with van der Waals surface area (Å²) >= 11 is 5.03. The highest BCUT2D eigenvalue weighted by molar-refractivity contribution is 7.80. The number of anilines is 1. The first-order chi connectivity index (χ1) is 9.16. The van der Waals surface area contributed by atoms with Crippen LogP contribution in [0.25, 0.3) is 0 Å². The fourth-order valence-corrected chi connectivity index (χ4v) is 1.73. The highest BCUT2D eigenvalue weighted by Crippen LogP contribution is 2.12. The van der Waals surface area contributed by atoms with Crippen molar-refractivity contribution in [3.63, 3.8) is 0 Å². The SMILES string of the molecule is Fc1ccccc1CNC(=S)Nc1ccccc1F. The molecular weight excluding hydrogens is 266 g/mol. The van der Waals surface area contributed by atoms with Gasteiger partial charge in [0, 0.05) is 12.1 Å². The topological polar surface area (TPSA) is 24.1 Å². The van der Waals surface area contributed by atoms with Gasteiger partial charge in [-0.3, -0.25) is 0 Å². The summed E-state index contributed by atoms with van der Waals surface area (Å²) in [4.78, 5) is 0. The molecule has 0 bridgehead atoms. The molecule has 0 aliphatic carbocycles. The molecule has 2 nitrogen and oxygen atoms in total. The highest BCUT2D eigenvalue weighted by Gasteiger charge is 2.04. The molecule has 0 aliphatic rings. The standard InChI is InChI=1S/C14H12F2N2S/c15-11-6-2-1-5-10(11)9-17-14(19)18-13-8-4-3-7-12(13)16/h1-8H,9H2,(H2,17,18,19). The lowest BCUT2D eigenvalue weighted by atomic mass is 10.2. The van der Waals surface area contributed by atoms with E-state index in [0.29, 0.717) is 5.56 Å². The average Bonchev–Trinajstić information content (AvgIpc) is 2.40. The minimum Gasteiger partial charge on any atom is -0.358 e. The van der Waals surface area contributed by atoms with E-state index in [2.05, 4.69) is 10.6 Å². The summed E-state index contributed by atoms with van der Waals surface area (Å²) in [5.41, 5.74) is 0.786. The first kappa shape index (κ1) is 13.4. The molecular formula is C14H12F2N2S. The smallest absolute Gasteiger partial charge is 0.171 e. The number of rotatable bonds is 3. The van der Waals surface area contributed by atoms with Crippen molar-refractivity contribution in [2.24, 2.45) is 0 Å². The van der Waals surface area contributed by atoms with Crippen molar-refractivity contribution < 1.29 is 8.78 Å². The minimum atomic E-state index is -0.391. The van der Waals surface area contributed by atoms with Gasteiger partial charge >= 0.3 is 0 Å². The van der Waals surface area contributed by atoms with Gasteiger partial charge in [0.05, 0.1) is 5.69 Å². The number of hydrogen-bond donors (Lipinski definition) is 2. The Morgan fingerprint density at radius 2 is 1.58 bits per heavy atom. The lowest BCUT2D eigenvalue weighted by molar-refractivity contribution is 0.606. The van der Waals surface area contributed by atoms with E-state index >= 15 is 0 Å². The second kappa shape index (κ2) is 6.24. The predicted molar refractivity (Wildman–Crippen MR) is 75.9 cm³/mol. The van der Waals surface area contributed by atoms with Gasteiger partial charge in [-0.15, -0.1) is 0 Å². The van der Waals surface area contributed by atoms with Crippen LogP contribution in [0.5, 0.6) is 0 Å². The van der Waals surface area contributed by atoms with Crippen molar-refractivity contribution in [1.82, 2.24) is 5.32 Å². The Morgan fingerprint density at radius 3 is 2.26 bits per heavy atom. The molecule has 2 aromatic rings. The summed E-state index contributed by atoms with van der Waals surface area (Å²) in [5.74, 6) is -0.693. The number of benzene rings is 2. The van der Waals surface area contributed by atoms with Crippen molar-refractivity contribution in [3.8, 4) is 0 Å². The third-order valence-electron chi connectivity index (χ3n) is 2.52. The Labute approximate surface area is 115 Å². The van der Waals surface area contributed by atoms with E-state index in [9.17, 15) is 8.78 Å². The molecule has 0 amide bonds. The second-order valence-electron chi connectivity index (χ2n) is 3.88. The summed E-state index contributed by atoms with van der Waals surface area (Å²) in [6.45, 7) is 0.243. The summed E-state index contributed by atoms with van der Waals surface area (Å²) in [6.07, 6.45) is 0. The third-order valence-corrected chi connectivity index (χ3v) is 2.77. The molecule has 5 heteroatoms. The van der Waals surface area contributed by atoms with Crippen molar-refractivity contribution >= 4 is 23.0 Å². The zero-order chi connectivity index (χ0) is 13.7. The van der Waals surface area contributed by atoms with Crippen molar-refractivity contribution in [2.75, 3.05) is 5.32 Å². The number of thiocarbonyl (C=S) groups is 1. The van der Waals surface area contributed by atoms with Gasteiger partial charge in [-0.05, 0) is 30.4 Å². The molecule has 0 saturated heterocycles. The van der Waals surface area contributed by atoms with Crippen molar-refractivity contribution in [2.45, 2.75) is 6.54 Å². The zero-order valence-electron chi connectivity index (χ0n) is 9.99. The van der Waals surface area contributed by atoms with Crippen LogP contribution in [-0.2, 0) is 6.54 Å². The van der Waals surface area contributed by atoms with E-state index in [4.69, 9.17) is 12.2 Å². The molecule has 0 radical (unpaired) electrons. The van der Waals surface area contributed by atoms with E-state index < -0.39 is 5.82 Å². The second-order valence-corrected chi connectivity index (χ2v) is 4.29. The molecule has 2 N–H and O–H groups in total. The van der Waals surface area contributed by atoms with Crippen LogP contribution >= 0.6 is 12.2 Å². The number of halogens is 2. The van der Waals surface area contributed by atoms with Crippen LogP contribution in [0.4, 0.5) is 14.5 Å². The fourth-order valence-electron chi connectivity index (χ4n) is 1.55. The lowest BCUT2D eigenvalue weighted by Crippen LogP contribution is -2.28. The van der Waals surface area contributed by atoms with Crippen molar-refractivity contribution in [1.29, 1.82) is 0 Å². The quantitative estimate of drug-likeness (QED) is 0.841. The molecule has 19 heavy (non-hydrogen) atoms. The van der Waals surface area contributed by atoms with Crippen molar-refractivity contribution in [3.05, 3.63) is 65.7 Å². The Kier molecular flexibility index (Phi) is 4.41. The van der Waals surface area contributed by atoms with Gasteiger partial charge in [0.25, 0.3) is 0 Å². The van der Waals surface area contributed by atoms with Gasteiger partial charge in [-0.1, -0.05) is 30.3 Å². The molecule has 98 valence electrons. The molecule has 0 unspecified atom stereocenters. The third kappa shape index (κ3) is 3.72. The van der Waals surface area contributed by atoms with E-state index in [0.717, 1.165) is 0 Å². The maximum atomic E-state index is 13.4. The Balaban J connectivity index is 1.92. The molecule has 0 aliphatic heterocycles. The molecule has 0 atom stereocenters. The first-order valence-corrected chi connectivity index (χ1v) is 6.10. The fraction of sp³-hybridized carbons (Fsp3) is 0.0714. The van der Waals surface area contributed by atoms with E-state index in [1.807, 2.05) is 0 Å². The van der Waals surface area contributed by atoms with Crippen LogP contribution in [0.15, 0.2) is 48.5 Å². The van der Waals surface area contributed by atoms with E-state index in [-0.39, 0.29) is 23.2 Å². The molecule has 2 aromatic carbocycles. The predicted octanol–water partition coefficient (Wildman–Crippen LogP) is 3.45. The Morgan fingerprint density at radius 1 is 0.947 bits per heavy atom. The summed E-state index contributed by atoms with van der Waals surface area (Å²) < 4.78 is 26.7. The summed E-state index contributed by atoms with van der Waals surface area (Å²) in [6, 6.07) is 12.6. The Hall–Kier alpha value is -2.01. The zero-order valence-corrected chi connectivity index (χ0v) is 10.8. The minimum absolute atomic E-state index is 0.243.